The fourth-order valence-corrected chi connectivity index (χ4v) is 3.92. The van der Waals surface area contributed by atoms with E-state index >= 15 is 0 Å². The van der Waals surface area contributed by atoms with Crippen molar-refractivity contribution >= 4 is 16.9 Å². The van der Waals surface area contributed by atoms with Crippen LogP contribution in [0.15, 0.2) is 67.0 Å². The highest BCUT2D eigenvalue weighted by Gasteiger charge is 2.39. The number of hydrogen-bond donors (Lipinski definition) is 0. The van der Waals surface area contributed by atoms with Gasteiger partial charge in [0.15, 0.2) is 0 Å². The number of likely N-dealkylation sites (tertiary alicyclic amines) is 1. The SMILES string of the molecule is CC(C)(C)O[C@@H]1C[C@@H](n2cc3ccccc3c2)N(C(=O)OCc2ccccc2)C1. The molecule has 1 fully saturated rings. The van der Waals surface area contributed by atoms with Gasteiger partial charge < -0.3 is 14.0 Å². The first-order valence-electron chi connectivity index (χ1n) is 10.1. The maximum Gasteiger partial charge on any atom is 0.411 e. The molecule has 0 bridgehead atoms. The molecule has 0 radical (unpaired) electrons. The van der Waals surface area contributed by atoms with Crippen LogP contribution in [0.4, 0.5) is 4.79 Å². The van der Waals surface area contributed by atoms with Crippen LogP contribution in [-0.2, 0) is 16.1 Å². The Morgan fingerprint density at radius 1 is 1.00 bits per heavy atom. The second-order valence-corrected chi connectivity index (χ2v) is 8.60. The van der Waals surface area contributed by atoms with E-state index in [1.807, 2.05) is 63.2 Å². The third kappa shape index (κ3) is 4.62. The van der Waals surface area contributed by atoms with Crippen LogP contribution >= 0.6 is 0 Å². The third-order valence-corrected chi connectivity index (χ3v) is 5.11. The zero-order chi connectivity index (χ0) is 20.4. The first kappa shape index (κ1) is 19.5. The zero-order valence-corrected chi connectivity index (χ0v) is 17.2. The summed E-state index contributed by atoms with van der Waals surface area (Å²) in [6.07, 6.45) is 4.46. The van der Waals surface area contributed by atoms with Gasteiger partial charge in [-0.05, 0) is 37.1 Å². The molecule has 2 heterocycles. The van der Waals surface area contributed by atoms with Crippen LogP contribution in [0.25, 0.3) is 10.8 Å². The molecule has 3 aromatic rings. The lowest BCUT2D eigenvalue weighted by molar-refractivity contribution is -0.0541. The smallest absolute Gasteiger partial charge is 0.411 e. The van der Waals surface area contributed by atoms with Gasteiger partial charge in [0, 0.05) is 18.8 Å². The van der Waals surface area contributed by atoms with Crippen molar-refractivity contribution in [2.45, 2.75) is 51.7 Å². The van der Waals surface area contributed by atoms with E-state index in [0.717, 1.165) is 22.8 Å². The molecule has 5 nitrogen and oxygen atoms in total. The summed E-state index contributed by atoms with van der Waals surface area (Å²) in [6.45, 7) is 6.92. The second kappa shape index (κ2) is 7.91. The molecule has 0 aliphatic carbocycles. The number of amides is 1. The fraction of sp³-hybridized carbons (Fsp3) is 0.375. The molecule has 1 aromatic heterocycles. The summed E-state index contributed by atoms with van der Waals surface area (Å²) in [5.74, 6) is 0. The highest BCUT2D eigenvalue weighted by molar-refractivity contribution is 5.82. The molecule has 0 unspecified atom stereocenters. The molecule has 152 valence electrons. The summed E-state index contributed by atoms with van der Waals surface area (Å²) >= 11 is 0. The van der Waals surface area contributed by atoms with E-state index in [1.165, 1.54) is 0 Å². The van der Waals surface area contributed by atoms with E-state index < -0.39 is 0 Å². The average molecular weight is 392 g/mol. The van der Waals surface area contributed by atoms with Crippen molar-refractivity contribution in [3.8, 4) is 0 Å². The third-order valence-electron chi connectivity index (χ3n) is 5.11. The van der Waals surface area contributed by atoms with E-state index in [0.29, 0.717) is 6.54 Å². The first-order chi connectivity index (χ1) is 13.9. The highest BCUT2D eigenvalue weighted by Crippen LogP contribution is 2.33. The molecule has 1 amide bonds. The van der Waals surface area contributed by atoms with Crippen LogP contribution in [-0.4, -0.2) is 33.8 Å². The van der Waals surface area contributed by atoms with Gasteiger partial charge in [-0.3, -0.25) is 4.90 Å². The number of carbonyl (C=O) groups is 1. The van der Waals surface area contributed by atoms with Crippen LogP contribution in [0.3, 0.4) is 0 Å². The molecule has 2 aromatic carbocycles. The van der Waals surface area contributed by atoms with Gasteiger partial charge in [0.2, 0.25) is 0 Å². The Labute approximate surface area is 171 Å². The minimum absolute atomic E-state index is 0.0326. The molecule has 0 N–H and O–H groups in total. The van der Waals surface area contributed by atoms with Crippen molar-refractivity contribution in [2.75, 3.05) is 6.54 Å². The molecular weight excluding hydrogens is 364 g/mol. The summed E-state index contributed by atoms with van der Waals surface area (Å²) in [5.41, 5.74) is 0.714. The minimum atomic E-state index is -0.309. The molecule has 1 saturated heterocycles. The van der Waals surface area contributed by atoms with Crippen molar-refractivity contribution in [3.63, 3.8) is 0 Å². The standard InChI is InChI=1S/C24H28N2O3/c1-24(2,3)29-21-13-22(25-14-19-11-7-8-12-20(19)15-25)26(16-21)23(27)28-17-18-9-5-4-6-10-18/h4-12,14-15,21-22H,13,16-17H2,1-3H3/t21-,22+/m1/s1. The van der Waals surface area contributed by atoms with Crippen molar-refractivity contribution in [2.24, 2.45) is 0 Å². The Morgan fingerprint density at radius 2 is 1.62 bits per heavy atom. The number of hydrogen-bond acceptors (Lipinski definition) is 3. The molecule has 4 rings (SSSR count). The predicted molar refractivity (Wildman–Crippen MR) is 114 cm³/mol. The Kier molecular flexibility index (Phi) is 5.33. The minimum Gasteiger partial charge on any atom is -0.444 e. The fourth-order valence-electron chi connectivity index (χ4n) is 3.92. The van der Waals surface area contributed by atoms with Crippen LogP contribution in [0, 0.1) is 0 Å². The lowest BCUT2D eigenvalue weighted by atomic mass is 10.1. The highest BCUT2D eigenvalue weighted by atomic mass is 16.6. The van der Waals surface area contributed by atoms with E-state index in [1.54, 1.807) is 4.90 Å². The van der Waals surface area contributed by atoms with Gasteiger partial charge in [-0.25, -0.2) is 4.79 Å². The molecule has 1 aliphatic heterocycles. The number of aromatic nitrogens is 1. The topological polar surface area (TPSA) is 43.7 Å². The molecule has 29 heavy (non-hydrogen) atoms. The first-order valence-corrected chi connectivity index (χ1v) is 10.1. The largest absolute Gasteiger partial charge is 0.444 e. The number of benzene rings is 2. The summed E-state index contributed by atoms with van der Waals surface area (Å²) < 4.78 is 14.0. The van der Waals surface area contributed by atoms with Gasteiger partial charge in [0.25, 0.3) is 0 Å². The lowest BCUT2D eigenvalue weighted by Crippen LogP contribution is -2.35. The molecule has 0 saturated carbocycles. The Bertz CT molecular complexity index is 941. The molecule has 0 spiro atoms. The van der Waals surface area contributed by atoms with Crippen LogP contribution in [0.1, 0.15) is 38.9 Å². The predicted octanol–water partition coefficient (Wildman–Crippen LogP) is 5.37. The molecular formula is C24H28N2O3. The van der Waals surface area contributed by atoms with Gasteiger partial charge >= 0.3 is 6.09 Å². The zero-order valence-electron chi connectivity index (χ0n) is 17.2. The maximum atomic E-state index is 13.0. The normalized spacial score (nSPS) is 19.6. The second-order valence-electron chi connectivity index (χ2n) is 8.60. The van der Waals surface area contributed by atoms with Gasteiger partial charge in [-0.1, -0.05) is 54.6 Å². The average Bonchev–Trinajstić information content (AvgIpc) is 3.29. The van der Waals surface area contributed by atoms with E-state index in [2.05, 4.69) is 29.1 Å². The maximum absolute atomic E-state index is 13.0. The van der Waals surface area contributed by atoms with Crippen molar-refractivity contribution in [1.29, 1.82) is 0 Å². The summed E-state index contributed by atoms with van der Waals surface area (Å²) in [6, 6.07) is 18.0. The van der Waals surface area contributed by atoms with E-state index in [-0.39, 0.29) is 30.6 Å². The van der Waals surface area contributed by atoms with Crippen molar-refractivity contribution in [3.05, 3.63) is 72.6 Å². The van der Waals surface area contributed by atoms with Gasteiger partial charge in [-0.15, -0.1) is 0 Å². The van der Waals surface area contributed by atoms with Gasteiger partial charge in [-0.2, -0.15) is 0 Å². The van der Waals surface area contributed by atoms with Gasteiger partial charge in [0.1, 0.15) is 12.8 Å². The number of rotatable bonds is 4. The van der Waals surface area contributed by atoms with E-state index in [9.17, 15) is 4.79 Å². The monoisotopic (exact) mass is 392 g/mol. The number of carbonyl (C=O) groups excluding carboxylic acids is 1. The van der Waals surface area contributed by atoms with Crippen molar-refractivity contribution in [1.82, 2.24) is 9.47 Å². The number of nitrogens with zero attached hydrogens (tertiary/aromatic N) is 2. The summed E-state index contributed by atoms with van der Waals surface area (Å²) in [4.78, 5) is 14.8. The molecule has 2 atom stereocenters. The Hall–Kier alpha value is -2.79. The summed E-state index contributed by atoms with van der Waals surface area (Å²) in [5, 5.41) is 2.32. The Balaban J connectivity index is 1.54. The van der Waals surface area contributed by atoms with Gasteiger partial charge in [0.05, 0.1) is 18.2 Å². The lowest BCUT2D eigenvalue weighted by Gasteiger charge is -2.25. The number of ether oxygens (including phenoxy) is 2. The van der Waals surface area contributed by atoms with Crippen LogP contribution in [0.2, 0.25) is 0 Å². The summed E-state index contributed by atoms with van der Waals surface area (Å²) in [7, 11) is 0. The molecule has 5 heteroatoms. The number of fused-ring (bicyclic) bond motifs is 1. The van der Waals surface area contributed by atoms with Crippen LogP contribution in [0.5, 0.6) is 0 Å². The quantitative estimate of drug-likeness (QED) is 0.600. The Morgan fingerprint density at radius 3 is 2.24 bits per heavy atom. The van der Waals surface area contributed by atoms with E-state index in [4.69, 9.17) is 9.47 Å². The van der Waals surface area contributed by atoms with Crippen molar-refractivity contribution < 1.29 is 14.3 Å². The molecule has 1 aliphatic rings. The van der Waals surface area contributed by atoms with Crippen LogP contribution < -0.4 is 0 Å².